The van der Waals surface area contributed by atoms with Crippen LogP contribution in [0.1, 0.15) is 24.3 Å². The summed E-state index contributed by atoms with van der Waals surface area (Å²) in [5, 5.41) is 11.9. The molecule has 0 spiro atoms. The van der Waals surface area contributed by atoms with Gasteiger partial charge in [0.2, 0.25) is 11.1 Å². The van der Waals surface area contributed by atoms with E-state index in [1.54, 1.807) is 12.3 Å². The predicted molar refractivity (Wildman–Crippen MR) is 125 cm³/mol. The first-order chi connectivity index (χ1) is 16.2. The number of carbonyl (C=O) groups is 1. The Balaban J connectivity index is 1.46. The second-order valence-corrected chi connectivity index (χ2v) is 8.56. The molecule has 2 atom stereocenters. The molecule has 1 amide bonds. The zero-order valence-corrected chi connectivity index (χ0v) is 18.8. The van der Waals surface area contributed by atoms with Gasteiger partial charge in [-0.2, -0.15) is 0 Å². The number of hydrogen-bond donors (Lipinski definition) is 2. The number of nitrogens with zero attached hydrogens (tertiary/aromatic N) is 3. The van der Waals surface area contributed by atoms with Crippen molar-refractivity contribution in [2.75, 3.05) is 12.0 Å². The number of fused-ring (bicyclic) bond motifs is 1. The molecule has 2 aromatic heterocycles. The Morgan fingerprint density at radius 2 is 1.94 bits per heavy atom. The summed E-state index contributed by atoms with van der Waals surface area (Å²) >= 11 is 1.39. The molecule has 4 aromatic rings. The van der Waals surface area contributed by atoms with Crippen LogP contribution in [0, 0.1) is 0 Å². The molecule has 0 bridgehead atoms. The molecule has 168 valence electrons. The quantitative estimate of drug-likeness (QED) is 0.429. The topological polar surface area (TPSA) is 94.2 Å². The van der Waals surface area contributed by atoms with Crippen LogP contribution in [0.15, 0.2) is 82.6 Å². The highest BCUT2D eigenvalue weighted by Gasteiger charge is 2.38. The molecule has 0 fully saturated rings. The average Bonchev–Trinajstić information content (AvgIpc) is 3.53. The molecule has 1 aliphatic heterocycles. The zero-order chi connectivity index (χ0) is 22.6. The number of benzene rings is 2. The lowest BCUT2D eigenvalue weighted by atomic mass is 10.0. The second kappa shape index (κ2) is 9.41. The van der Waals surface area contributed by atoms with E-state index in [2.05, 4.69) is 20.9 Å². The van der Waals surface area contributed by atoms with Crippen LogP contribution in [-0.2, 0) is 11.3 Å². The van der Waals surface area contributed by atoms with Gasteiger partial charge in [0, 0.05) is 5.56 Å². The van der Waals surface area contributed by atoms with Gasteiger partial charge in [-0.1, -0.05) is 54.2 Å². The summed E-state index contributed by atoms with van der Waals surface area (Å²) in [5.74, 6) is 2.07. The number of furan rings is 1. The summed E-state index contributed by atoms with van der Waals surface area (Å²) < 4.78 is 12.8. The van der Waals surface area contributed by atoms with Crippen molar-refractivity contribution in [2.24, 2.45) is 0 Å². The third kappa shape index (κ3) is 4.45. The number of aromatic nitrogens is 3. The van der Waals surface area contributed by atoms with E-state index in [1.165, 1.54) is 11.8 Å². The Labute approximate surface area is 195 Å². The van der Waals surface area contributed by atoms with E-state index in [9.17, 15) is 4.79 Å². The van der Waals surface area contributed by atoms with Gasteiger partial charge in [-0.3, -0.25) is 4.79 Å². The van der Waals surface area contributed by atoms with E-state index in [0.717, 1.165) is 16.9 Å². The van der Waals surface area contributed by atoms with Crippen LogP contribution in [0.5, 0.6) is 5.75 Å². The van der Waals surface area contributed by atoms with Crippen molar-refractivity contribution in [1.82, 2.24) is 20.2 Å². The van der Waals surface area contributed by atoms with Gasteiger partial charge in [0.15, 0.2) is 5.82 Å². The number of thioether (sulfide) groups is 1. The van der Waals surface area contributed by atoms with Crippen LogP contribution in [0.4, 0.5) is 0 Å². The fourth-order valence-corrected chi connectivity index (χ4v) is 4.81. The fraction of sp³-hybridized carbons (Fsp3) is 0.208. The lowest BCUT2D eigenvalue weighted by molar-refractivity contribution is -0.121. The minimum absolute atomic E-state index is 0.113. The number of nitrogens with one attached hydrogen (secondary N) is 2. The van der Waals surface area contributed by atoms with Crippen molar-refractivity contribution < 1.29 is 13.9 Å². The first kappa shape index (κ1) is 21.1. The standard InChI is InChI=1S/C24H23N5O3S/c1-2-31-18-12-10-16(11-13-18)20-21(23(30)25-15-19-9-6-14-32-19)33-24-27-26-22(29(24)28-20)17-7-4-3-5-8-17/h3-14,20-21,28H,2,15H2,1H3,(H,25,30)/t20-,21+/m0/s1. The number of rotatable bonds is 7. The first-order valence-electron chi connectivity index (χ1n) is 10.7. The average molecular weight is 462 g/mol. The van der Waals surface area contributed by atoms with Gasteiger partial charge >= 0.3 is 0 Å². The van der Waals surface area contributed by atoms with Gasteiger partial charge in [0.1, 0.15) is 16.8 Å². The van der Waals surface area contributed by atoms with Gasteiger partial charge in [-0.15, -0.1) is 10.2 Å². The predicted octanol–water partition coefficient (Wildman–Crippen LogP) is 4.01. The van der Waals surface area contributed by atoms with Gasteiger partial charge < -0.3 is 19.9 Å². The van der Waals surface area contributed by atoms with Gasteiger partial charge in [0.05, 0.1) is 25.5 Å². The van der Waals surface area contributed by atoms with E-state index >= 15 is 0 Å². The smallest absolute Gasteiger partial charge is 0.236 e. The Bertz CT molecular complexity index is 1210. The van der Waals surface area contributed by atoms with E-state index in [1.807, 2.05) is 72.3 Å². The minimum atomic E-state index is -0.460. The monoisotopic (exact) mass is 461 g/mol. The lowest BCUT2D eigenvalue weighted by Crippen LogP contribution is -2.43. The second-order valence-electron chi connectivity index (χ2n) is 7.45. The fourth-order valence-electron chi connectivity index (χ4n) is 3.71. The van der Waals surface area contributed by atoms with Gasteiger partial charge in [-0.05, 0) is 36.8 Å². The molecule has 33 heavy (non-hydrogen) atoms. The largest absolute Gasteiger partial charge is 0.494 e. The van der Waals surface area contributed by atoms with Crippen LogP contribution in [0.2, 0.25) is 0 Å². The Hall–Kier alpha value is -3.72. The highest BCUT2D eigenvalue weighted by molar-refractivity contribution is 8.00. The molecule has 9 heteroatoms. The highest BCUT2D eigenvalue weighted by Crippen LogP contribution is 2.39. The molecule has 0 radical (unpaired) electrons. The van der Waals surface area contributed by atoms with Crippen LogP contribution in [-0.4, -0.2) is 32.6 Å². The van der Waals surface area contributed by atoms with Crippen LogP contribution < -0.4 is 15.5 Å². The zero-order valence-electron chi connectivity index (χ0n) is 18.0. The maximum atomic E-state index is 13.2. The molecular formula is C24H23N5O3S. The molecular weight excluding hydrogens is 438 g/mol. The number of carbonyl (C=O) groups excluding carboxylic acids is 1. The van der Waals surface area contributed by atoms with Gasteiger partial charge in [-0.25, -0.2) is 4.68 Å². The molecule has 0 saturated heterocycles. The number of amides is 1. The summed E-state index contributed by atoms with van der Waals surface area (Å²) in [6, 6.07) is 21.0. The molecule has 3 heterocycles. The Morgan fingerprint density at radius 3 is 2.67 bits per heavy atom. The molecule has 0 aliphatic carbocycles. The number of ether oxygens (including phenoxy) is 1. The summed E-state index contributed by atoms with van der Waals surface area (Å²) in [6.07, 6.45) is 1.59. The molecule has 5 rings (SSSR count). The number of hydrogen-bond acceptors (Lipinski definition) is 7. The minimum Gasteiger partial charge on any atom is -0.494 e. The van der Waals surface area contributed by atoms with Crippen molar-refractivity contribution >= 4 is 17.7 Å². The third-order valence-corrected chi connectivity index (χ3v) is 6.51. The van der Waals surface area contributed by atoms with E-state index in [0.29, 0.717) is 29.9 Å². The maximum absolute atomic E-state index is 13.2. The highest BCUT2D eigenvalue weighted by atomic mass is 32.2. The summed E-state index contributed by atoms with van der Waals surface area (Å²) in [5.41, 5.74) is 5.38. The lowest BCUT2D eigenvalue weighted by Gasteiger charge is -2.33. The maximum Gasteiger partial charge on any atom is 0.236 e. The normalized spacial score (nSPS) is 17.1. The molecule has 1 aliphatic rings. The van der Waals surface area contributed by atoms with E-state index in [-0.39, 0.29) is 11.9 Å². The van der Waals surface area contributed by atoms with Gasteiger partial charge in [0.25, 0.3) is 0 Å². The SMILES string of the molecule is CCOc1ccc([C@@H]2Nn3c(nnc3-c3ccccc3)S[C@H]2C(=O)NCc2ccco2)cc1. The Kier molecular flexibility index (Phi) is 6.03. The summed E-state index contributed by atoms with van der Waals surface area (Å²) in [4.78, 5) is 13.2. The van der Waals surface area contributed by atoms with Crippen LogP contribution >= 0.6 is 11.8 Å². The molecule has 2 N–H and O–H groups in total. The Morgan fingerprint density at radius 1 is 1.12 bits per heavy atom. The summed E-state index contributed by atoms with van der Waals surface area (Å²) in [6.45, 7) is 2.87. The molecule has 0 unspecified atom stereocenters. The van der Waals surface area contributed by atoms with Crippen molar-refractivity contribution in [3.63, 3.8) is 0 Å². The molecule has 0 saturated carbocycles. The van der Waals surface area contributed by atoms with Crippen LogP contribution in [0.25, 0.3) is 11.4 Å². The van der Waals surface area contributed by atoms with Crippen molar-refractivity contribution in [2.45, 2.75) is 29.9 Å². The molecule has 2 aromatic carbocycles. The third-order valence-electron chi connectivity index (χ3n) is 5.29. The van der Waals surface area contributed by atoms with Crippen LogP contribution in [0.3, 0.4) is 0 Å². The van der Waals surface area contributed by atoms with Crippen molar-refractivity contribution in [3.8, 4) is 17.1 Å². The van der Waals surface area contributed by atoms with E-state index in [4.69, 9.17) is 9.15 Å². The van der Waals surface area contributed by atoms with E-state index < -0.39 is 5.25 Å². The molecule has 8 nitrogen and oxygen atoms in total. The van der Waals surface area contributed by atoms with Crippen molar-refractivity contribution in [3.05, 3.63) is 84.3 Å². The van der Waals surface area contributed by atoms with Crippen molar-refractivity contribution in [1.29, 1.82) is 0 Å². The first-order valence-corrected chi connectivity index (χ1v) is 11.6. The summed E-state index contributed by atoms with van der Waals surface area (Å²) in [7, 11) is 0.